The van der Waals surface area contributed by atoms with E-state index in [9.17, 15) is 13.2 Å². The summed E-state index contributed by atoms with van der Waals surface area (Å²) < 4.78 is 50.7. The first-order valence-electron chi connectivity index (χ1n) is 4.30. The Morgan fingerprint density at radius 1 is 0.947 bits per heavy atom. The summed E-state index contributed by atoms with van der Waals surface area (Å²) in [5.41, 5.74) is 0. The summed E-state index contributed by atoms with van der Waals surface area (Å²) in [5.74, 6) is -3.26. The van der Waals surface area contributed by atoms with E-state index in [-0.39, 0.29) is 17.1 Å². The van der Waals surface area contributed by atoms with Crippen LogP contribution in [0, 0.1) is 36.8 Å². The molecule has 0 N–H and O–H groups in total. The van der Waals surface area contributed by atoms with Crippen molar-refractivity contribution in [2.75, 3.05) is 0 Å². The van der Waals surface area contributed by atoms with Gasteiger partial charge in [-0.1, -0.05) is 0 Å². The average Bonchev–Trinajstić information content (AvgIpc) is 2.98. The van der Waals surface area contributed by atoms with Gasteiger partial charge in [-0.05, 0) is 0 Å². The fourth-order valence-electron chi connectivity index (χ4n) is 0.746. The Morgan fingerprint density at radius 2 is 1.42 bits per heavy atom. The molecule has 0 radical (unpaired) electrons. The molecule has 0 heterocycles. The summed E-state index contributed by atoms with van der Waals surface area (Å²) in [7, 11) is 0. The summed E-state index contributed by atoms with van der Waals surface area (Å²) in [5, 5.41) is 0. The van der Waals surface area contributed by atoms with E-state index in [1.165, 1.54) is 6.07 Å². The van der Waals surface area contributed by atoms with Gasteiger partial charge in [0.1, 0.15) is 0 Å². The minimum atomic E-state index is -1.28. The monoisotopic (exact) mass is 308 g/mol. The van der Waals surface area contributed by atoms with E-state index in [1.54, 1.807) is 0 Å². The van der Waals surface area contributed by atoms with Crippen molar-refractivity contribution in [3.63, 3.8) is 0 Å². The van der Waals surface area contributed by atoms with Crippen LogP contribution in [0.5, 0.6) is 0 Å². The smallest absolute Gasteiger partial charge is 0 e. The summed E-state index contributed by atoms with van der Waals surface area (Å²) in [6.45, 7) is 9.00. The van der Waals surface area contributed by atoms with Crippen LogP contribution < -0.4 is 0 Å². The Kier molecular flexibility index (Phi) is 19.4. The van der Waals surface area contributed by atoms with Crippen LogP contribution in [0.2, 0.25) is 0 Å². The zero-order valence-corrected chi connectivity index (χ0v) is 10.4. The standard InChI is InChI=1S/C6H2F3.C5H5.2CO.Fe/c7-4-1-2-5(8)6(9)3-4;1-2-4-5-3-1;2*1-2;/h1-2H;1-5H;;;/q2*-1;;;. The van der Waals surface area contributed by atoms with Crippen molar-refractivity contribution < 1.29 is 39.5 Å². The first-order chi connectivity index (χ1) is 8.70. The van der Waals surface area contributed by atoms with Crippen LogP contribution in [-0.4, -0.2) is 0 Å². The van der Waals surface area contributed by atoms with E-state index < -0.39 is 17.5 Å². The predicted octanol–water partition coefficient (Wildman–Crippen LogP) is 3.23. The van der Waals surface area contributed by atoms with Crippen molar-refractivity contribution in [3.8, 4) is 0 Å². The maximum Gasteiger partial charge on any atom is 0 e. The van der Waals surface area contributed by atoms with Gasteiger partial charge in [-0.25, -0.2) is 20.9 Å². The molecule has 0 saturated heterocycles. The van der Waals surface area contributed by atoms with Crippen LogP contribution >= 0.6 is 0 Å². The zero-order chi connectivity index (χ0) is 14.4. The molecule has 0 atom stereocenters. The van der Waals surface area contributed by atoms with E-state index in [0.717, 1.165) is 6.07 Å². The number of rotatable bonds is 0. The van der Waals surface area contributed by atoms with Gasteiger partial charge in [0, 0.05) is 34.5 Å². The Bertz CT molecular complexity index is 430. The summed E-state index contributed by atoms with van der Waals surface area (Å²) in [4.78, 5) is 0. The summed E-state index contributed by atoms with van der Waals surface area (Å²) >= 11 is 0. The van der Waals surface area contributed by atoms with Crippen molar-refractivity contribution in [2.45, 2.75) is 0 Å². The first kappa shape index (κ1) is 22.5. The number of hydrogen-bond donors (Lipinski definition) is 0. The van der Waals surface area contributed by atoms with Crippen LogP contribution in [0.25, 0.3) is 0 Å². The number of benzene rings is 1. The maximum atomic E-state index is 11.9. The molecule has 0 unspecified atom stereocenters. The van der Waals surface area contributed by atoms with E-state index in [4.69, 9.17) is 9.30 Å². The second-order valence-corrected chi connectivity index (χ2v) is 2.43. The molecular weight excluding hydrogens is 301 g/mol. The molecule has 0 saturated carbocycles. The Hall–Kier alpha value is -1.64. The molecule has 0 bridgehead atoms. The Labute approximate surface area is 119 Å². The van der Waals surface area contributed by atoms with E-state index >= 15 is 0 Å². The van der Waals surface area contributed by atoms with Gasteiger partial charge in [-0.15, -0.1) is 18.2 Å². The fourth-order valence-corrected chi connectivity index (χ4v) is 0.746. The van der Waals surface area contributed by atoms with Crippen molar-refractivity contribution in [3.05, 3.63) is 79.3 Å². The van der Waals surface area contributed by atoms with Crippen LogP contribution in [0.4, 0.5) is 13.2 Å². The third kappa shape index (κ3) is 12.6. The third-order valence-electron chi connectivity index (χ3n) is 1.37. The average molecular weight is 308 g/mol. The quantitative estimate of drug-likeness (QED) is 0.310. The Morgan fingerprint density at radius 3 is 1.68 bits per heavy atom. The van der Waals surface area contributed by atoms with Crippen molar-refractivity contribution in [2.24, 2.45) is 0 Å². The third-order valence-corrected chi connectivity index (χ3v) is 1.37. The molecule has 102 valence electrons. The van der Waals surface area contributed by atoms with Gasteiger partial charge in [0.2, 0.25) is 0 Å². The SMILES string of the molecule is Fc1[c-]c(F)c(F)cc1.[C-]#[O+].[C-]#[O+].[Fe].c1cc[cH-]c1. The Balaban J connectivity index is -0.000000220. The predicted molar refractivity (Wildman–Crippen MR) is 55.0 cm³/mol. The number of halogens is 3. The first-order valence-corrected chi connectivity index (χ1v) is 4.30. The zero-order valence-electron chi connectivity index (χ0n) is 9.35. The molecule has 2 aromatic carbocycles. The fraction of sp³-hybridized carbons (Fsp3) is 0. The largest absolute Gasteiger partial charge is 0.214 e. The molecule has 0 spiro atoms. The van der Waals surface area contributed by atoms with Crippen molar-refractivity contribution >= 4 is 0 Å². The maximum absolute atomic E-state index is 11.9. The van der Waals surface area contributed by atoms with Crippen LogP contribution in [0.3, 0.4) is 0 Å². The van der Waals surface area contributed by atoms with Gasteiger partial charge >= 0.3 is 22.6 Å². The van der Waals surface area contributed by atoms with Crippen molar-refractivity contribution in [1.82, 2.24) is 0 Å². The minimum Gasteiger partial charge on any atom is -0.214 e. The van der Waals surface area contributed by atoms with E-state index in [1.807, 2.05) is 30.3 Å². The van der Waals surface area contributed by atoms with Gasteiger partial charge in [0.15, 0.2) is 0 Å². The van der Waals surface area contributed by atoms with Gasteiger partial charge in [0.25, 0.3) is 0 Å². The molecule has 2 nitrogen and oxygen atoms in total. The van der Waals surface area contributed by atoms with Crippen LogP contribution in [-0.2, 0) is 26.4 Å². The molecule has 0 aromatic heterocycles. The van der Waals surface area contributed by atoms with Crippen LogP contribution in [0.1, 0.15) is 0 Å². The molecule has 2 rings (SSSR count). The van der Waals surface area contributed by atoms with Gasteiger partial charge in [-0.2, -0.15) is 18.2 Å². The van der Waals surface area contributed by atoms with Gasteiger partial charge in [0.05, 0.1) is 0 Å². The molecule has 2 aromatic rings. The summed E-state index contributed by atoms with van der Waals surface area (Å²) in [6, 6.07) is 13.0. The molecule has 0 aliphatic rings. The van der Waals surface area contributed by atoms with Crippen LogP contribution in [0.15, 0.2) is 42.5 Å². The molecule has 19 heavy (non-hydrogen) atoms. The molecule has 0 amide bonds. The molecule has 6 heteroatoms. The van der Waals surface area contributed by atoms with Crippen molar-refractivity contribution in [1.29, 1.82) is 0 Å². The molecule has 0 aliphatic heterocycles. The number of hydrogen-bond acceptors (Lipinski definition) is 0. The second kappa shape index (κ2) is 16.4. The van der Waals surface area contributed by atoms with E-state index in [0.29, 0.717) is 6.07 Å². The van der Waals surface area contributed by atoms with Gasteiger partial charge in [-0.3, -0.25) is 4.39 Å². The van der Waals surface area contributed by atoms with Gasteiger partial charge < -0.3 is 0 Å². The topological polar surface area (TPSA) is 39.8 Å². The summed E-state index contributed by atoms with van der Waals surface area (Å²) in [6.07, 6.45) is 0. The minimum absolute atomic E-state index is 0. The second-order valence-electron chi connectivity index (χ2n) is 2.43. The molecule has 0 aliphatic carbocycles. The normalized spacial score (nSPS) is 6.89. The molecule has 0 fully saturated rings. The van der Waals surface area contributed by atoms with E-state index in [2.05, 4.69) is 13.3 Å². The molecular formula is C13H7F3FeO2-2.